The van der Waals surface area contributed by atoms with Gasteiger partial charge in [-0.1, -0.05) is 18.2 Å². The van der Waals surface area contributed by atoms with E-state index in [9.17, 15) is 19.2 Å². The number of hydrogen-bond donors (Lipinski definition) is 1. The van der Waals surface area contributed by atoms with E-state index in [1.54, 1.807) is 57.2 Å². The molecule has 172 valence electrons. The molecule has 2 amide bonds. The number of carbonyl (C=O) groups excluding carboxylic acids is 4. The highest BCUT2D eigenvalue weighted by molar-refractivity contribution is 6.10. The summed E-state index contributed by atoms with van der Waals surface area (Å²) in [6.07, 6.45) is -0.187. The average Bonchev–Trinajstić information content (AvgIpc) is 2.80. The van der Waals surface area contributed by atoms with Crippen molar-refractivity contribution in [1.29, 1.82) is 0 Å². The topological polar surface area (TPSA) is 102 Å². The van der Waals surface area contributed by atoms with Crippen molar-refractivity contribution in [3.05, 3.63) is 71.4 Å². The number of benzene rings is 2. The third-order valence-corrected chi connectivity index (χ3v) is 5.19. The predicted molar refractivity (Wildman–Crippen MR) is 122 cm³/mol. The summed E-state index contributed by atoms with van der Waals surface area (Å²) in [5.41, 5.74) is 1.88. The zero-order valence-corrected chi connectivity index (χ0v) is 18.8. The maximum Gasteiger partial charge on any atom is 0.338 e. The monoisotopic (exact) mass is 450 g/mol. The maximum absolute atomic E-state index is 13.1. The first-order valence-electron chi connectivity index (χ1n) is 10.7. The highest BCUT2D eigenvalue weighted by Gasteiger charge is 2.40. The van der Waals surface area contributed by atoms with Gasteiger partial charge in [0.1, 0.15) is 0 Å². The number of esters is 2. The fourth-order valence-corrected chi connectivity index (χ4v) is 3.70. The summed E-state index contributed by atoms with van der Waals surface area (Å²) in [4.78, 5) is 52.2. The van der Waals surface area contributed by atoms with Gasteiger partial charge in [0, 0.05) is 23.5 Å². The Kier molecular flexibility index (Phi) is 7.61. The third kappa shape index (κ3) is 5.28. The molecule has 2 aromatic rings. The Morgan fingerprint density at radius 2 is 1.55 bits per heavy atom. The summed E-state index contributed by atoms with van der Waals surface area (Å²) >= 11 is 0. The van der Waals surface area contributed by atoms with Gasteiger partial charge >= 0.3 is 11.9 Å². The van der Waals surface area contributed by atoms with E-state index < -0.39 is 23.8 Å². The standard InChI is InChI=1S/C25H26N2O6/c1-4-32-24(30)17-11-13-18(14-12-17)26-23(29)20-15-21(28)27(19-9-7-6-8-10-19)16(3)22(20)25(31)33-5-2/h6-14,20H,4-5,15H2,1-3H3,(H,26,29). The molecule has 1 aliphatic rings. The van der Waals surface area contributed by atoms with Crippen molar-refractivity contribution in [3.8, 4) is 0 Å². The fourth-order valence-electron chi connectivity index (χ4n) is 3.70. The zero-order chi connectivity index (χ0) is 24.0. The van der Waals surface area contributed by atoms with Gasteiger partial charge in [0.15, 0.2) is 0 Å². The van der Waals surface area contributed by atoms with Crippen molar-refractivity contribution in [2.45, 2.75) is 27.2 Å². The number of nitrogens with one attached hydrogen (secondary N) is 1. The Hall–Kier alpha value is -3.94. The Morgan fingerprint density at radius 1 is 0.939 bits per heavy atom. The molecule has 0 saturated heterocycles. The van der Waals surface area contributed by atoms with Crippen LogP contribution >= 0.6 is 0 Å². The number of ether oxygens (including phenoxy) is 2. The molecule has 1 N–H and O–H groups in total. The van der Waals surface area contributed by atoms with Crippen LogP contribution in [0.1, 0.15) is 37.6 Å². The molecule has 33 heavy (non-hydrogen) atoms. The molecule has 1 aliphatic heterocycles. The molecule has 0 aliphatic carbocycles. The van der Waals surface area contributed by atoms with Crippen molar-refractivity contribution in [2.75, 3.05) is 23.4 Å². The number of anilines is 2. The minimum absolute atomic E-state index is 0.137. The van der Waals surface area contributed by atoms with Gasteiger partial charge in [-0.2, -0.15) is 0 Å². The normalized spacial score (nSPS) is 15.8. The van der Waals surface area contributed by atoms with E-state index in [1.165, 1.54) is 17.0 Å². The summed E-state index contributed by atoms with van der Waals surface area (Å²) < 4.78 is 10.2. The van der Waals surface area contributed by atoms with E-state index in [2.05, 4.69) is 5.32 Å². The van der Waals surface area contributed by atoms with Gasteiger partial charge in [-0.15, -0.1) is 0 Å². The van der Waals surface area contributed by atoms with Crippen molar-refractivity contribution >= 4 is 35.1 Å². The van der Waals surface area contributed by atoms with Crippen molar-refractivity contribution in [2.24, 2.45) is 5.92 Å². The van der Waals surface area contributed by atoms with Gasteiger partial charge < -0.3 is 14.8 Å². The number of para-hydroxylation sites is 1. The molecule has 2 aromatic carbocycles. The number of hydrogen-bond acceptors (Lipinski definition) is 6. The lowest BCUT2D eigenvalue weighted by Crippen LogP contribution is -2.43. The van der Waals surface area contributed by atoms with Gasteiger partial charge in [0.25, 0.3) is 0 Å². The number of amides is 2. The molecule has 0 spiro atoms. The Balaban J connectivity index is 1.89. The van der Waals surface area contributed by atoms with Crippen LogP contribution in [-0.2, 0) is 23.9 Å². The first kappa shape index (κ1) is 23.7. The smallest absolute Gasteiger partial charge is 0.338 e. The molecular formula is C25H26N2O6. The second kappa shape index (κ2) is 10.6. The van der Waals surface area contributed by atoms with Crippen LogP contribution < -0.4 is 10.2 Å². The lowest BCUT2D eigenvalue weighted by Gasteiger charge is -2.33. The molecule has 0 radical (unpaired) electrons. The minimum Gasteiger partial charge on any atom is -0.463 e. The fraction of sp³-hybridized carbons (Fsp3) is 0.280. The summed E-state index contributed by atoms with van der Waals surface area (Å²) in [5.74, 6) is -2.92. The summed E-state index contributed by atoms with van der Waals surface area (Å²) in [6, 6.07) is 15.1. The SMILES string of the molecule is CCOC(=O)C1=C(C)N(c2ccccc2)C(=O)CC1C(=O)Nc1ccc(C(=O)OCC)cc1. The number of rotatable bonds is 7. The second-order valence-electron chi connectivity index (χ2n) is 7.33. The number of carbonyl (C=O) groups is 4. The van der Waals surface area contributed by atoms with E-state index in [0.29, 0.717) is 22.6 Å². The molecule has 0 saturated carbocycles. The van der Waals surface area contributed by atoms with Crippen LogP contribution in [-0.4, -0.2) is 37.0 Å². The lowest BCUT2D eigenvalue weighted by atomic mass is 9.88. The van der Waals surface area contributed by atoms with Gasteiger partial charge in [-0.3, -0.25) is 14.5 Å². The van der Waals surface area contributed by atoms with Crippen molar-refractivity contribution in [3.63, 3.8) is 0 Å². The minimum atomic E-state index is -1.01. The van der Waals surface area contributed by atoms with Crippen LogP contribution in [0, 0.1) is 5.92 Å². The molecule has 0 aromatic heterocycles. The quantitative estimate of drug-likeness (QED) is 0.646. The second-order valence-corrected chi connectivity index (χ2v) is 7.33. The lowest BCUT2D eigenvalue weighted by molar-refractivity contribution is -0.141. The molecule has 0 bridgehead atoms. The largest absolute Gasteiger partial charge is 0.463 e. The van der Waals surface area contributed by atoms with Crippen molar-refractivity contribution in [1.82, 2.24) is 0 Å². The maximum atomic E-state index is 13.1. The Labute approximate surface area is 192 Å². The highest BCUT2D eigenvalue weighted by atomic mass is 16.5. The first-order valence-corrected chi connectivity index (χ1v) is 10.7. The van der Waals surface area contributed by atoms with Gasteiger partial charge in [-0.05, 0) is 57.2 Å². The van der Waals surface area contributed by atoms with Crippen LogP contribution in [0.5, 0.6) is 0 Å². The van der Waals surface area contributed by atoms with Gasteiger partial charge in [0.2, 0.25) is 11.8 Å². The van der Waals surface area contributed by atoms with Crippen LogP contribution in [0.2, 0.25) is 0 Å². The number of allylic oxidation sites excluding steroid dienone is 1. The van der Waals surface area contributed by atoms with Crippen LogP contribution in [0.3, 0.4) is 0 Å². The molecule has 8 nitrogen and oxygen atoms in total. The van der Waals surface area contributed by atoms with E-state index >= 15 is 0 Å². The van der Waals surface area contributed by atoms with Gasteiger partial charge in [-0.25, -0.2) is 9.59 Å². The number of nitrogens with zero attached hydrogens (tertiary/aromatic N) is 1. The van der Waals surface area contributed by atoms with E-state index in [0.717, 1.165) is 0 Å². The summed E-state index contributed by atoms with van der Waals surface area (Å²) in [7, 11) is 0. The van der Waals surface area contributed by atoms with Crippen LogP contribution in [0.4, 0.5) is 11.4 Å². The molecular weight excluding hydrogens is 424 g/mol. The Bertz CT molecular complexity index is 1080. The summed E-state index contributed by atoms with van der Waals surface area (Å²) in [5, 5.41) is 2.73. The van der Waals surface area contributed by atoms with Crippen LogP contribution in [0.15, 0.2) is 65.9 Å². The zero-order valence-electron chi connectivity index (χ0n) is 18.8. The van der Waals surface area contributed by atoms with Crippen LogP contribution in [0.25, 0.3) is 0 Å². The van der Waals surface area contributed by atoms with E-state index in [4.69, 9.17) is 9.47 Å². The highest BCUT2D eigenvalue weighted by Crippen LogP contribution is 2.34. The molecule has 1 heterocycles. The summed E-state index contributed by atoms with van der Waals surface area (Å²) in [6.45, 7) is 5.42. The predicted octanol–water partition coefficient (Wildman–Crippen LogP) is 3.69. The Morgan fingerprint density at radius 3 is 2.15 bits per heavy atom. The van der Waals surface area contributed by atoms with Crippen molar-refractivity contribution < 1.29 is 28.7 Å². The molecule has 3 rings (SSSR count). The first-order chi connectivity index (χ1) is 15.9. The molecule has 1 unspecified atom stereocenters. The van der Waals surface area contributed by atoms with Gasteiger partial charge in [0.05, 0.1) is 30.3 Å². The van der Waals surface area contributed by atoms with E-state index in [-0.39, 0.29) is 31.1 Å². The van der Waals surface area contributed by atoms with E-state index in [1.807, 2.05) is 6.07 Å². The molecule has 8 heteroatoms. The third-order valence-electron chi connectivity index (χ3n) is 5.19. The average molecular weight is 450 g/mol. The molecule has 0 fully saturated rings. The molecule has 1 atom stereocenters.